The number of nitrogens with one attached hydrogen (secondary N) is 1. The molecule has 0 saturated heterocycles. The summed E-state index contributed by atoms with van der Waals surface area (Å²) in [6, 6.07) is 12.2. The quantitative estimate of drug-likeness (QED) is 0.851. The van der Waals surface area contributed by atoms with E-state index in [2.05, 4.69) is 5.32 Å². The molecular weight excluding hydrogens is 285 g/mol. The Hall–Kier alpha value is -1.81. The van der Waals surface area contributed by atoms with E-state index in [1.54, 1.807) is 18.7 Å². The highest BCUT2D eigenvalue weighted by Crippen LogP contribution is 2.19. The highest BCUT2D eigenvalue weighted by Gasteiger charge is 2.13. The van der Waals surface area contributed by atoms with Gasteiger partial charge in [-0.3, -0.25) is 4.79 Å². The largest absolute Gasteiger partial charge is 0.346 e. The van der Waals surface area contributed by atoms with E-state index >= 15 is 0 Å². The van der Waals surface area contributed by atoms with Gasteiger partial charge in [-0.05, 0) is 61.6 Å². The van der Waals surface area contributed by atoms with Crippen LogP contribution in [-0.2, 0) is 0 Å². The van der Waals surface area contributed by atoms with Crippen LogP contribution in [0.2, 0.25) is 0 Å². The summed E-state index contributed by atoms with van der Waals surface area (Å²) in [6.07, 6.45) is 2.03. The second-order valence-electron chi connectivity index (χ2n) is 4.93. The third-order valence-electron chi connectivity index (χ3n) is 3.40. The van der Waals surface area contributed by atoms with Gasteiger partial charge in [-0.1, -0.05) is 12.1 Å². The van der Waals surface area contributed by atoms with Gasteiger partial charge in [0, 0.05) is 10.5 Å². The molecule has 0 aromatic heterocycles. The summed E-state index contributed by atoms with van der Waals surface area (Å²) in [5, 5.41) is 2.94. The van der Waals surface area contributed by atoms with E-state index in [0.29, 0.717) is 11.1 Å². The Morgan fingerprint density at radius 1 is 1.19 bits per heavy atom. The maximum Gasteiger partial charge on any atom is 0.252 e. The summed E-state index contributed by atoms with van der Waals surface area (Å²) in [5.74, 6) is -0.515. The van der Waals surface area contributed by atoms with Gasteiger partial charge in [-0.25, -0.2) is 4.39 Å². The van der Waals surface area contributed by atoms with Crippen LogP contribution in [-0.4, -0.2) is 12.2 Å². The summed E-state index contributed by atoms with van der Waals surface area (Å²) >= 11 is 1.68. The third kappa shape index (κ3) is 3.85. The number of amides is 1. The predicted molar refractivity (Wildman–Crippen MR) is 85.2 cm³/mol. The van der Waals surface area contributed by atoms with Crippen molar-refractivity contribution in [2.24, 2.45) is 0 Å². The number of hydrogen-bond donors (Lipinski definition) is 1. The van der Waals surface area contributed by atoms with Crippen molar-refractivity contribution < 1.29 is 9.18 Å². The van der Waals surface area contributed by atoms with E-state index in [4.69, 9.17) is 0 Å². The highest BCUT2D eigenvalue weighted by molar-refractivity contribution is 7.98. The van der Waals surface area contributed by atoms with Gasteiger partial charge in [0.2, 0.25) is 0 Å². The number of benzene rings is 2. The van der Waals surface area contributed by atoms with Gasteiger partial charge in [0.05, 0.1) is 6.04 Å². The monoisotopic (exact) mass is 303 g/mol. The summed E-state index contributed by atoms with van der Waals surface area (Å²) in [6.45, 7) is 3.67. The van der Waals surface area contributed by atoms with Gasteiger partial charge in [0.1, 0.15) is 5.82 Å². The number of halogens is 1. The first-order valence-electron chi connectivity index (χ1n) is 6.72. The molecule has 0 bridgehead atoms. The van der Waals surface area contributed by atoms with Gasteiger partial charge in [0.15, 0.2) is 0 Å². The number of hydrogen-bond acceptors (Lipinski definition) is 2. The molecule has 1 atom stereocenters. The van der Waals surface area contributed by atoms with Crippen molar-refractivity contribution in [1.82, 2.24) is 5.32 Å². The number of thioether (sulfide) groups is 1. The van der Waals surface area contributed by atoms with Gasteiger partial charge in [-0.2, -0.15) is 0 Å². The average molecular weight is 303 g/mol. The first-order valence-corrected chi connectivity index (χ1v) is 7.94. The van der Waals surface area contributed by atoms with Crippen LogP contribution in [0.4, 0.5) is 4.39 Å². The van der Waals surface area contributed by atoms with E-state index < -0.39 is 0 Å². The fraction of sp³-hybridized carbons (Fsp3) is 0.235. The Balaban J connectivity index is 2.10. The molecule has 0 heterocycles. The lowest BCUT2D eigenvalue weighted by Crippen LogP contribution is -2.27. The van der Waals surface area contributed by atoms with E-state index in [-0.39, 0.29) is 17.8 Å². The molecule has 0 spiro atoms. The minimum Gasteiger partial charge on any atom is -0.346 e. The van der Waals surface area contributed by atoms with Crippen LogP contribution in [0.3, 0.4) is 0 Å². The molecule has 0 aliphatic heterocycles. The SMILES string of the molecule is CSc1ccc(C(C)NC(=O)c2ccc(F)cc2C)cc1. The van der Waals surface area contributed by atoms with Crippen LogP contribution in [0.1, 0.15) is 34.5 Å². The molecule has 0 radical (unpaired) electrons. The zero-order valence-corrected chi connectivity index (χ0v) is 13.1. The molecule has 0 aliphatic carbocycles. The number of carbonyl (C=O) groups is 1. The van der Waals surface area contributed by atoms with Gasteiger partial charge >= 0.3 is 0 Å². The van der Waals surface area contributed by atoms with Crippen molar-refractivity contribution in [3.63, 3.8) is 0 Å². The average Bonchev–Trinajstić information content (AvgIpc) is 2.47. The van der Waals surface area contributed by atoms with E-state index in [1.807, 2.05) is 37.4 Å². The third-order valence-corrected chi connectivity index (χ3v) is 4.14. The van der Waals surface area contributed by atoms with Crippen molar-refractivity contribution >= 4 is 17.7 Å². The van der Waals surface area contributed by atoms with Crippen LogP contribution in [0.25, 0.3) is 0 Å². The molecule has 0 aliphatic rings. The zero-order chi connectivity index (χ0) is 15.4. The molecule has 2 nitrogen and oxygen atoms in total. The lowest BCUT2D eigenvalue weighted by molar-refractivity contribution is 0.0939. The van der Waals surface area contributed by atoms with Crippen molar-refractivity contribution in [1.29, 1.82) is 0 Å². The fourth-order valence-corrected chi connectivity index (χ4v) is 2.54. The lowest BCUT2D eigenvalue weighted by atomic mass is 10.1. The molecule has 2 aromatic carbocycles. The molecule has 2 rings (SSSR count). The van der Waals surface area contributed by atoms with Crippen molar-refractivity contribution in [2.45, 2.75) is 24.8 Å². The number of carbonyl (C=O) groups excluding carboxylic acids is 1. The molecule has 4 heteroatoms. The second-order valence-corrected chi connectivity index (χ2v) is 5.81. The number of rotatable bonds is 4. The molecule has 2 aromatic rings. The summed E-state index contributed by atoms with van der Waals surface area (Å²) in [7, 11) is 0. The molecule has 0 saturated carbocycles. The Morgan fingerprint density at radius 2 is 1.86 bits per heavy atom. The van der Waals surface area contributed by atoms with Crippen LogP contribution in [0.5, 0.6) is 0 Å². The molecule has 1 amide bonds. The lowest BCUT2D eigenvalue weighted by Gasteiger charge is -2.15. The molecule has 1 N–H and O–H groups in total. The Bertz CT molecular complexity index is 640. The van der Waals surface area contributed by atoms with Gasteiger partial charge in [0.25, 0.3) is 5.91 Å². The summed E-state index contributed by atoms with van der Waals surface area (Å²) in [5.41, 5.74) is 2.18. The first kappa shape index (κ1) is 15.6. The fourth-order valence-electron chi connectivity index (χ4n) is 2.13. The standard InChI is InChI=1S/C17H18FNOS/c1-11-10-14(18)6-9-16(11)17(20)19-12(2)13-4-7-15(21-3)8-5-13/h4-10,12H,1-3H3,(H,19,20). The van der Waals surface area contributed by atoms with Crippen molar-refractivity contribution in [2.75, 3.05) is 6.26 Å². The molecule has 1 unspecified atom stereocenters. The van der Waals surface area contributed by atoms with Crippen LogP contribution in [0, 0.1) is 12.7 Å². The predicted octanol–water partition coefficient (Wildman–Crippen LogP) is 4.35. The number of aryl methyl sites for hydroxylation is 1. The van der Waals surface area contributed by atoms with Crippen LogP contribution < -0.4 is 5.32 Å². The normalized spacial score (nSPS) is 12.0. The Labute approximate surface area is 128 Å². The maximum atomic E-state index is 13.1. The molecular formula is C17H18FNOS. The van der Waals surface area contributed by atoms with Crippen LogP contribution >= 0.6 is 11.8 Å². The van der Waals surface area contributed by atoms with E-state index in [1.165, 1.54) is 23.1 Å². The summed E-state index contributed by atoms with van der Waals surface area (Å²) in [4.78, 5) is 13.4. The van der Waals surface area contributed by atoms with Crippen molar-refractivity contribution in [3.8, 4) is 0 Å². The minimum absolute atomic E-state index is 0.0992. The summed E-state index contributed by atoms with van der Waals surface area (Å²) < 4.78 is 13.1. The first-order chi connectivity index (χ1) is 10.0. The zero-order valence-electron chi connectivity index (χ0n) is 12.3. The van der Waals surface area contributed by atoms with Gasteiger partial charge < -0.3 is 5.32 Å². The van der Waals surface area contributed by atoms with E-state index in [0.717, 1.165) is 5.56 Å². The second kappa shape index (κ2) is 6.76. The topological polar surface area (TPSA) is 29.1 Å². The van der Waals surface area contributed by atoms with Crippen molar-refractivity contribution in [3.05, 3.63) is 65.0 Å². The Morgan fingerprint density at radius 3 is 2.43 bits per heavy atom. The molecule has 0 fully saturated rings. The molecule has 110 valence electrons. The smallest absolute Gasteiger partial charge is 0.252 e. The van der Waals surface area contributed by atoms with Gasteiger partial charge in [-0.15, -0.1) is 11.8 Å². The maximum absolute atomic E-state index is 13.1. The van der Waals surface area contributed by atoms with E-state index in [9.17, 15) is 9.18 Å². The minimum atomic E-state index is -0.329. The Kier molecular flexibility index (Phi) is 5.02. The highest BCUT2D eigenvalue weighted by atomic mass is 32.2. The van der Waals surface area contributed by atoms with Crippen LogP contribution in [0.15, 0.2) is 47.4 Å². The molecule has 21 heavy (non-hydrogen) atoms.